The molecular weight excluding hydrogens is 411 g/mol. The quantitative estimate of drug-likeness (QED) is 0.573. The molecule has 1 aliphatic heterocycles. The lowest BCUT2D eigenvalue weighted by Gasteiger charge is -2.12. The summed E-state index contributed by atoms with van der Waals surface area (Å²) < 4.78 is 6.27. The monoisotopic (exact) mass is 426 g/mol. The molecule has 1 aromatic carbocycles. The molecule has 1 atom stereocenters. The van der Waals surface area contributed by atoms with Gasteiger partial charge in [0.15, 0.2) is 9.26 Å². The second kappa shape index (κ2) is 6.78. The Balaban J connectivity index is 1.67. The summed E-state index contributed by atoms with van der Waals surface area (Å²) in [5.41, 5.74) is 2.12. The van der Waals surface area contributed by atoms with Crippen molar-refractivity contribution in [3.05, 3.63) is 56.4 Å². The number of nitrogens with one attached hydrogen (secondary N) is 2. The molecule has 6 heteroatoms. The molecule has 2 N–H and O–H groups in total. The molecule has 4 nitrogen and oxygen atoms in total. The van der Waals surface area contributed by atoms with Crippen LogP contribution in [-0.2, 0) is 11.2 Å². The molecule has 22 heavy (non-hydrogen) atoms. The van der Waals surface area contributed by atoms with E-state index in [-0.39, 0.29) is 11.4 Å². The maximum absolute atomic E-state index is 12.0. The first-order valence-corrected chi connectivity index (χ1v) is 8.90. The molecule has 1 aliphatic rings. The van der Waals surface area contributed by atoms with Crippen LogP contribution >= 0.6 is 34.4 Å². The van der Waals surface area contributed by atoms with Gasteiger partial charge in [-0.15, -0.1) is 0 Å². The number of anilines is 1. The molecule has 3 rings (SSSR count). The van der Waals surface area contributed by atoms with Gasteiger partial charge in [-0.25, -0.2) is 0 Å². The number of thioether (sulfide) groups is 1. The molecule has 1 aromatic heterocycles. The standard InChI is InChI=1S/C16H15IN2O2S/c1-2-10-3-5-11(6-4-10)18-16-19-15(20)13(22-16)9-12-7-8-14(17)21-12/h3-9,16,18H,2H2,1H3,(H,19,20)/b13-9-/t16-/m1/s1. The van der Waals surface area contributed by atoms with Crippen LogP contribution in [-0.4, -0.2) is 11.4 Å². The van der Waals surface area contributed by atoms with Gasteiger partial charge in [0.1, 0.15) is 5.76 Å². The Kier molecular flexibility index (Phi) is 4.77. The summed E-state index contributed by atoms with van der Waals surface area (Å²) in [6.45, 7) is 2.13. The fourth-order valence-corrected chi connectivity index (χ4v) is 3.49. The third kappa shape index (κ3) is 3.67. The first-order chi connectivity index (χ1) is 10.6. The lowest BCUT2D eigenvalue weighted by molar-refractivity contribution is -0.116. The minimum absolute atomic E-state index is 0.0842. The number of benzene rings is 1. The van der Waals surface area contributed by atoms with Crippen LogP contribution in [0.15, 0.2) is 45.7 Å². The molecule has 0 bridgehead atoms. The number of furan rings is 1. The highest BCUT2D eigenvalue weighted by molar-refractivity contribution is 14.1. The summed E-state index contributed by atoms with van der Waals surface area (Å²) in [5.74, 6) is 0.606. The van der Waals surface area contributed by atoms with Gasteiger partial charge in [-0.2, -0.15) is 0 Å². The van der Waals surface area contributed by atoms with Gasteiger partial charge < -0.3 is 15.1 Å². The van der Waals surface area contributed by atoms with Crippen molar-refractivity contribution in [2.75, 3.05) is 5.32 Å². The van der Waals surface area contributed by atoms with Crippen molar-refractivity contribution in [2.45, 2.75) is 18.8 Å². The van der Waals surface area contributed by atoms with E-state index in [1.54, 1.807) is 6.08 Å². The smallest absolute Gasteiger partial charge is 0.260 e. The minimum atomic E-state index is -0.166. The van der Waals surface area contributed by atoms with Crippen LogP contribution < -0.4 is 10.6 Å². The van der Waals surface area contributed by atoms with E-state index in [0.717, 1.165) is 15.9 Å². The van der Waals surface area contributed by atoms with Crippen LogP contribution in [0.5, 0.6) is 0 Å². The second-order valence-electron chi connectivity index (χ2n) is 4.82. The van der Waals surface area contributed by atoms with Crippen molar-refractivity contribution < 1.29 is 9.21 Å². The van der Waals surface area contributed by atoms with Crippen molar-refractivity contribution >= 4 is 52.0 Å². The first-order valence-electron chi connectivity index (χ1n) is 6.94. The van der Waals surface area contributed by atoms with Crippen molar-refractivity contribution in [2.24, 2.45) is 0 Å². The van der Waals surface area contributed by atoms with E-state index >= 15 is 0 Å². The van der Waals surface area contributed by atoms with Crippen molar-refractivity contribution in [3.63, 3.8) is 0 Å². The van der Waals surface area contributed by atoms with E-state index in [1.165, 1.54) is 17.3 Å². The number of amides is 1. The normalized spacial score (nSPS) is 19.5. The molecule has 1 amide bonds. The Morgan fingerprint density at radius 1 is 1.32 bits per heavy atom. The number of rotatable bonds is 4. The van der Waals surface area contributed by atoms with Gasteiger partial charge in [-0.3, -0.25) is 4.79 Å². The van der Waals surface area contributed by atoms with Crippen LogP contribution in [0.2, 0.25) is 0 Å². The fraction of sp³-hybridized carbons (Fsp3) is 0.188. The number of carbonyl (C=O) groups is 1. The first kappa shape index (κ1) is 15.5. The molecule has 0 aliphatic carbocycles. The number of hydrogen-bond acceptors (Lipinski definition) is 4. The summed E-state index contributed by atoms with van der Waals surface area (Å²) in [7, 11) is 0. The molecule has 1 saturated heterocycles. The summed E-state index contributed by atoms with van der Waals surface area (Å²) in [6.07, 6.45) is 2.79. The average Bonchev–Trinajstić information content (AvgIpc) is 3.06. The SMILES string of the molecule is CCc1ccc(N[C@@H]2NC(=O)/C(=C/c3ccc(I)o3)S2)cc1. The molecule has 114 valence electrons. The third-order valence-electron chi connectivity index (χ3n) is 3.26. The maximum Gasteiger partial charge on any atom is 0.260 e. The van der Waals surface area contributed by atoms with Gasteiger partial charge in [0.2, 0.25) is 0 Å². The largest absolute Gasteiger partial charge is 0.451 e. The summed E-state index contributed by atoms with van der Waals surface area (Å²) in [4.78, 5) is 12.6. The average molecular weight is 426 g/mol. The summed E-state index contributed by atoms with van der Waals surface area (Å²) >= 11 is 3.56. The Bertz CT molecular complexity index is 709. The van der Waals surface area contributed by atoms with Crippen molar-refractivity contribution in [1.29, 1.82) is 0 Å². The summed E-state index contributed by atoms with van der Waals surface area (Å²) in [5, 5.41) is 6.21. The molecule has 2 aromatic rings. The van der Waals surface area contributed by atoms with Crippen molar-refractivity contribution in [1.82, 2.24) is 5.32 Å². The Hall–Kier alpha value is -1.41. The maximum atomic E-state index is 12.0. The lowest BCUT2D eigenvalue weighted by atomic mass is 10.1. The Labute approximate surface area is 146 Å². The lowest BCUT2D eigenvalue weighted by Crippen LogP contribution is -2.30. The van der Waals surface area contributed by atoms with Gasteiger partial charge in [0, 0.05) is 11.8 Å². The van der Waals surface area contributed by atoms with Crippen molar-refractivity contribution in [3.8, 4) is 0 Å². The number of hydrogen-bond donors (Lipinski definition) is 2. The zero-order valence-electron chi connectivity index (χ0n) is 11.9. The van der Waals surface area contributed by atoms with Crippen LogP contribution in [0.1, 0.15) is 18.2 Å². The highest BCUT2D eigenvalue weighted by atomic mass is 127. The van der Waals surface area contributed by atoms with Crippen LogP contribution in [0.4, 0.5) is 5.69 Å². The fourth-order valence-electron chi connectivity index (χ4n) is 2.09. The number of halogens is 1. The number of aryl methyl sites for hydroxylation is 1. The van der Waals surface area contributed by atoms with Gasteiger partial charge in [-0.05, 0) is 58.8 Å². The molecule has 0 saturated carbocycles. The summed E-state index contributed by atoms with van der Waals surface area (Å²) in [6, 6.07) is 12.0. The van der Waals surface area contributed by atoms with E-state index in [4.69, 9.17) is 4.42 Å². The van der Waals surface area contributed by atoms with E-state index in [9.17, 15) is 4.79 Å². The zero-order chi connectivity index (χ0) is 15.5. The molecule has 0 spiro atoms. The highest BCUT2D eigenvalue weighted by Crippen LogP contribution is 2.30. The van der Waals surface area contributed by atoms with E-state index in [0.29, 0.717) is 10.7 Å². The Morgan fingerprint density at radius 2 is 2.09 bits per heavy atom. The molecule has 0 unspecified atom stereocenters. The van der Waals surface area contributed by atoms with E-state index in [1.807, 2.05) is 24.3 Å². The predicted octanol–water partition coefficient (Wildman–Crippen LogP) is 4.05. The number of carbonyl (C=O) groups excluding carboxylic acids is 1. The van der Waals surface area contributed by atoms with Gasteiger partial charge in [0.05, 0.1) is 4.91 Å². The van der Waals surface area contributed by atoms with Gasteiger partial charge >= 0.3 is 0 Å². The predicted molar refractivity (Wildman–Crippen MR) is 98.4 cm³/mol. The van der Waals surface area contributed by atoms with Crippen LogP contribution in [0.3, 0.4) is 0 Å². The minimum Gasteiger partial charge on any atom is -0.451 e. The highest BCUT2D eigenvalue weighted by Gasteiger charge is 2.27. The van der Waals surface area contributed by atoms with Gasteiger partial charge in [0.25, 0.3) is 5.91 Å². The molecular formula is C16H15IN2O2S. The van der Waals surface area contributed by atoms with E-state index in [2.05, 4.69) is 52.3 Å². The van der Waals surface area contributed by atoms with Crippen LogP contribution in [0, 0.1) is 3.77 Å². The second-order valence-corrected chi connectivity index (χ2v) is 7.03. The molecule has 2 heterocycles. The topological polar surface area (TPSA) is 54.3 Å². The Morgan fingerprint density at radius 3 is 2.73 bits per heavy atom. The van der Waals surface area contributed by atoms with Crippen LogP contribution in [0.25, 0.3) is 6.08 Å². The van der Waals surface area contributed by atoms with E-state index < -0.39 is 0 Å². The zero-order valence-corrected chi connectivity index (χ0v) is 14.9. The molecule has 0 radical (unpaired) electrons. The third-order valence-corrected chi connectivity index (χ3v) is 4.87. The van der Waals surface area contributed by atoms with Gasteiger partial charge in [-0.1, -0.05) is 30.8 Å². The molecule has 1 fully saturated rings.